The van der Waals surface area contributed by atoms with E-state index in [-0.39, 0.29) is 30.9 Å². The Labute approximate surface area is 161 Å². The molecule has 3 rings (SSSR count). The van der Waals surface area contributed by atoms with Gasteiger partial charge in [-0.05, 0) is 44.1 Å². The fourth-order valence-corrected chi connectivity index (χ4v) is 3.45. The molecule has 1 atom stereocenters. The van der Waals surface area contributed by atoms with E-state index in [2.05, 4.69) is 9.74 Å². The van der Waals surface area contributed by atoms with Crippen LogP contribution in [0.3, 0.4) is 0 Å². The average molecular weight is 393 g/mol. The molecule has 0 bridgehead atoms. The number of rotatable bonds is 9. The zero-order valence-corrected chi connectivity index (χ0v) is 15.4. The number of fused-ring (bicyclic) bond motifs is 1. The molecule has 1 aromatic carbocycles. The van der Waals surface area contributed by atoms with Gasteiger partial charge in [0.1, 0.15) is 25.1 Å². The summed E-state index contributed by atoms with van der Waals surface area (Å²) in [5.74, 6) is -0.698. The van der Waals surface area contributed by atoms with Crippen molar-refractivity contribution in [1.82, 2.24) is 9.80 Å². The van der Waals surface area contributed by atoms with Crippen molar-refractivity contribution in [2.24, 2.45) is 0 Å². The fraction of sp³-hybridized carbons (Fsp3) is 0.556. The predicted octanol–water partition coefficient (Wildman–Crippen LogP) is 0.717. The normalized spacial score (nSPS) is 18.1. The van der Waals surface area contributed by atoms with E-state index in [1.165, 1.54) is 18.6 Å². The van der Waals surface area contributed by atoms with E-state index in [1.54, 1.807) is 6.07 Å². The Morgan fingerprint density at radius 3 is 2.57 bits per heavy atom. The third kappa shape index (κ3) is 4.76. The lowest BCUT2D eigenvalue weighted by Gasteiger charge is -2.28. The molecule has 1 unspecified atom stereocenters. The Kier molecular flexibility index (Phi) is 6.42. The van der Waals surface area contributed by atoms with Crippen LogP contribution in [0.4, 0.5) is 0 Å². The maximum Gasteiger partial charge on any atom is 0.294 e. The summed E-state index contributed by atoms with van der Waals surface area (Å²) in [4.78, 5) is 42.2. The first-order valence-electron chi connectivity index (χ1n) is 9.26. The zero-order chi connectivity index (χ0) is 20.1. The maximum absolute atomic E-state index is 12.4. The molecule has 0 saturated carbocycles. The molecule has 2 aliphatic heterocycles. The van der Waals surface area contributed by atoms with Crippen molar-refractivity contribution < 1.29 is 29.4 Å². The smallest absolute Gasteiger partial charge is 0.294 e. The van der Waals surface area contributed by atoms with E-state index in [1.807, 2.05) is 0 Å². The first-order valence-corrected chi connectivity index (χ1v) is 9.26. The second-order valence-electron chi connectivity index (χ2n) is 6.85. The van der Waals surface area contributed by atoms with Crippen molar-refractivity contribution in [1.29, 1.82) is 0 Å². The number of carbonyl (C=O) groups is 2. The molecule has 0 aliphatic carbocycles. The molecule has 0 aromatic heterocycles. The van der Waals surface area contributed by atoms with Crippen molar-refractivity contribution in [2.75, 3.05) is 39.4 Å². The van der Waals surface area contributed by atoms with Gasteiger partial charge in [-0.1, -0.05) is 6.42 Å². The molecule has 2 amide bonds. The molecule has 1 fully saturated rings. The molecule has 2 aliphatic rings. The second kappa shape index (κ2) is 8.98. The van der Waals surface area contributed by atoms with Gasteiger partial charge in [0, 0.05) is 6.54 Å². The first-order chi connectivity index (χ1) is 13.5. The number of β-amino-alcohol motifs (C(OH)–C–C–N with tert-alkyl or cyclic N) is 1. The van der Waals surface area contributed by atoms with Crippen LogP contribution >= 0.6 is 0 Å². The topological polar surface area (TPSA) is 122 Å². The highest BCUT2D eigenvalue weighted by Crippen LogP contribution is 2.27. The Balaban J connectivity index is 1.55. The van der Waals surface area contributed by atoms with Gasteiger partial charge in [-0.2, -0.15) is 0 Å². The quantitative estimate of drug-likeness (QED) is 0.370. The van der Waals surface area contributed by atoms with Crippen molar-refractivity contribution in [3.05, 3.63) is 39.4 Å². The van der Waals surface area contributed by atoms with Gasteiger partial charge >= 0.3 is 0 Å². The van der Waals surface area contributed by atoms with Crippen LogP contribution in [0.5, 0.6) is 5.75 Å². The summed E-state index contributed by atoms with van der Waals surface area (Å²) in [6, 6.07) is 4.50. The number of aliphatic hydroxyl groups excluding tert-OH is 1. The van der Waals surface area contributed by atoms with Crippen molar-refractivity contribution >= 4 is 11.8 Å². The molecule has 1 aromatic rings. The minimum atomic E-state index is -0.973. The third-order valence-electron chi connectivity index (χ3n) is 4.81. The number of hydrogen-bond donors (Lipinski definition) is 1. The van der Waals surface area contributed by atoms with Gasteiger partial charge in [0.2, 0.25) is 0 Å². The molecule has 0 spiro atoms. The van der Waals surface area contributed by atoms with Crippen LogP contribution in [0.25, 0.3) is 0 Å². The number of carbonyl (C=O) groups excluding carboxylic acids is 2. The highest BCUT2D eigenvalue weighted by molar-refractivity contribution is 6.21. The van der Waals surface area contributed by atoms with Crippen LogP contribution in [-0.4, -0.2) is 77.3 Å². The molecule has 1 saturated heterocycles. The van der Waals surface area contributed by atoms with Gasteiger partial charge in [0.15, 0.2) is 0 Å². The second-order valence-corrected chi connectivity index (χ2v) is 6.85. The summed E-state index contributed by atoms with van der Waals surface area (Å²) < 4.78 is 5.59. The molecule has 10 heteroatoms. The lowest BCUT2D eigenvalue weighted by Crippen LogP contribution is -2.38. The number of nitrogens with zero attached hydrogens (tertiary/aromatic N) is 3. The monoisotopic (exact) mass is 393 g/mol. The number of ether oxygens (including phenoxy) is 1. The third-order valence-corrected chi connectivity index (χ3v) is 4.81. The van der Waals surface area contributed by atoms with E-state index in [0.717, 1.165) is 30.8 Å². The number of imide groups is 1. The number of aliphatic hydroxyl groups is 1. The summed E-state index contributed by atoms with van der Waals surface area (Å²) in [5, 5.41) is 19.4. The molecule has 152 valence electrons. The highest BCUT2D eigenvalue weighted by atomic mass is 16.9. The van der Waals surface area contributed by atoms with Gasteiger partial charge in [0.25, 0.3) is 16.9 Å². The number of piperidine rings is 1. The van der Waals surface area contributed by atoms with Gasteiger partial charge in [-0.15, -0.1) is 10.1 Å². The van der Waals surface area contributed by atoms with Crippen LogP contribution in [0.15, 0.2) is 18.2 Å². The van der Waals surface area contributed by atoms with E-state index < -0.39 is 23.0 Å². The van der Waals surface area contributed by atoms with Crippen LogP contribution < -0.4 is 4.74 Å². The molecule has 28 heavy (non-hydrogen) atoms. The summed E-state index contributed by atoms with van der Waals surface area (Å²) in [6.07, 6.45) is 2.84. The molecule has 10 nitrogen and oxygen atoms in total. The summed E-state index contributed by atoms with van der Waals surface area (Å²) in [6.45, 7) is 1.97. The Morgan fingerprint density at radius 2 is 1.86 bits per heavy atom. The number of hydrogen-bond acceptors (Lipinski definition) is 8. The van der Waals surface area contributed by atoms with Gasteiger partial charge < -0.3 is 19.6 Å². The summed E-state index contributed by atoms with van der Waals surface area (Å²) in [5.41, 5.74) is 0.390. The minimum Gasteiger partial charge on any atom is -0.491 e. The maximum atomic E-state index is 12.4. The first kappa shape index (κ1) is 20.0. The van der Waals surface area contributed by atoms with Gasteiger partial charge in [-0.25, -0.2) is 0 Å². The molecular formula is C18H23N3O7. The van der Waals surface area contributed by atoms with Gasteiger partial charge in [-0.3, -0.25) is 14.5 Å². The van der Waals surface area contributed by atoms with Crippen LogP contribution in [-0.2, 0) is 4.84 Å². The minimum absolute atomic E-state index is 0.0812. The molecular weight excluding hydrogens is 370 g/mol. The number of benzene rings is 1. The van der Waals surface area contributed by atoms with Crippen molar-refractivity contribution in [3.8, 4) is 5.75 Å². The lowest BCUT2D eigenvalue weighted by atomic mass is 10.1. The number of likely N-dealkylation sites (tertiary alicyclic amines) is 1. The Hall–Kier alpha value is -2.72. The number of amides is 2. The van der Waals surface area contributed by atoms with E-state index in [4.69, 9.17) is 4.74 Å². The standard InChI is InChI=1S/C18H23N3O7/c22-13(11-19-6-2-1-3-7-19)12-27-14-4-5-15-16(10-14)18(24)20(17(15)23)8-9-28-21(25)26/h4-5,10,13,22H,1-3,6-9,11-12H2. The SMILES string of the molecule is O=C1c2ccc(OCC(O)CN3CCCCC3)cc2C(=O)N1CCO[N+](=O)[O-]. The predicted molar refractivity (Wildman–Crippen MR) is 96.5 cm³/mol. The van der Waals surface area contributed by atoms with Crippen LogP contribution in [0, 0.1) is 10.1 Å². The van der Waals surface area contributed by atoms with E-state index in [0.29, 0.717) is 12.3 Å². The zero-order valence-electron chi connectivity index (χ0n) is 15.4. The largest absolute Gasteiger partial charge is 0.491 e. The van der Waals surface area contributed by atoms with Crippen molar-refractivity contribution in [2.45, 2.75) is 25.4 Å². The molecule has 0 radical (unpaired) electrons. The van der Waals surface area contributed by atoms with E-state index in [9.17, 15) is 24.8 Å². The van der Waals surface area contributed by atoms with Crippen LogP contribution in [0.2, 0.25) is 0 Å². The van der Waals surface area contributed by atoms with Gasteiger partial charge in [0.05, 0.1) is 17.7 Å². The summed E-state index contributed by atoms with van der Waals surface area (Å²) in [7, 11) is 0. The fourth-order valence-electron chi connectivity index (χ4n) is 3.45. The van der Waals surface area contributed by atoms with Crippen molar-refractivity contribution in [3.63, 3.8) is 0 Å². The Morgan fingerprint density at radius 1 is 1.14 bits per heavy atom. The average Bonchev–Trinajstić information content (AvgIpc) is 2.91. The molecule has 2 heterocycles. The summed E-state index contributed by atoms with van der Waals surface area (Å²) >= 11 is 0. The van der Waals surface area contributed by atoms with Crippen LogP contribution in [0.1, 0.15) is 40.0 Å². The Bertz CT molecular complexity index is 749. The van der Waals surface area contributed by atoms with E-state index >= 15 is 0 Å². The highest BCUT2D eigenvalue weighted by Gasteiger charge is 2.35. The molecule has 1 N–H and O–H groups in total. The lowest BCUT2D eigenvalue weighted by molar-refractivity contribution is -0.757.